The molecule has 0 amide bonds. The van der Waals surface area contributed by atoms with Gasteiger partial charge in [0.25, 0.3) is 10.0 Å². The molecule has 0 fully saturated rings. The first-order chi connectivity index (χ1) is 20.2. The average molecular weight is 685 g/mol. The molecule has 1 heterocycles. The van der Waals surface area contributed by atoms with Crippen LogP contribution < -0.4 is 9.46 Å². The van der Waals surface area contributed by atoms with E-state index in [2.05, 4.69) is 29.3 Å². The molecule has 0 saturated heterocycles. The van der Waals surface area contributed by atoms with E-state index in [-0.39, 0.29) is 45.3 Å². The Hall–Kier alpha value is -2.80. The van der Waals surface area contributed by atoms with Gasteiger partial charge in [0.1, 0.15) is 23.2 Å². The number of carbonyl (C=O) groups excluding carboxylic acids is 1. The van der Waals surface area contributed by atoms with Crippen molar-refractivity contribution in [3.63, 3.8) is 0 Å². The number of sulfonamides is 1. The number of carbonyl (C=O) groups is 1. The van der Waals surface area contributed by atoms with Crippen molar-refractivity contribution in [1.82, 2.24) is 9.55 Å². The van der Waals surface area contributed by atoms with Crippen LogP contribution in [0, 0.1) is 6.92 Å². The summed E-state index contributed by atoms with van der Waals surface area (Å²) in [6.07, 6.45) is 0.0333. The Morgan fingerprint density at radius 3 is 2.40 bits per heavy atom. The summed E-state index contributed by atoms with van der Waals surface area (Å²) in [6, 6.07) is 13.2. The van der Waals surface area contributed by atoms with Gasteiger partial charge in [-0.05, 0) is 54.9 Å². The van der Waals surface area contributed by atoms with Crippen LogP contribution in [0.15, 0.2) is 53.4 Å². The molecular weight excluding hydrogens is 653 g/mol. The second-order valence-electron chi connectivity index (χ2n) is 11.1. The van der Waals surface area contributed by atoms with Crippen LogP contribution in [0.25, 0.3) is 11.0 Å². The predicted molar refractivity (Wildman–Crippen MR) is 173 cm³/mol. The third-order valence-corrected chi connectivity index (χ3v) is 10.6. The third-order valence-electron chi connectivity index (χ3n) is 6.48. The third kappa shape index (κ3) is 8.43. The van der Waals surface area contributed by atoms with E-state index in [9.17, 15) is 13.2 Å². The number of aromatic nitrogens is 2. The Bertz CT molecular complexity index is 1770. The maximum atomic E-state index is 13.4. The number of fused-ring (bicyclic) bond motifs is 1. The molecule has 0 saturated carbocycles. The molecule has 0 spiro atoms. The minimum absolute atomic E-state index is 0.0333. The monoisotopic (exact) mass is 683 g/mol. The van der Waals surface area contributed by atoms with Crippen LogP contribution in [0.4, 0.5) is 5.69 Å². The van der Waals surface area contributed by atoms with E-state index in [1.165, 1.54) is 25.3 Å². The summed E-state index contributed by atoms with van der Waals surface area (Å²) >= 11 is 18.7. The van der Waals surface area contributed by atoms with E-state index in [1.807, 2.05) is 11.5 Å². The van der Waals surface area contributed by atoms with Crippen molar-refractivity contribution in [2.75, 3.05) is 18.4 Å². The first kappa shape index (κ1) is 33.1. The largest absolute Gasteiger partial charge is 0.469 e. The summed E-state index contributed by atoms with van der Waals surface area (Å²) in [5, 5.41) is 0.478. The standard InChI is InChI=1S/C29H32Cl3N3O6SSi/c1-18-33-23-15-24(34-42(37,38)28-9-7-20(30)14-22(28)32)27(16-25(23)35(18)17-40-10-11-43(3,4)5)41-26-8-6-19(12-21(26)31)13-29(36)39-2/h6-9,12,14-16,34H,10-11,13,17H2,1-5H3. The topological polar surface area (TPSA) is 109 Å². The molecule has 43 heavy (non-hydrogen) atoms. The van der Waals surface area contributed by atoms with Gasteiger partial charge in [-0.3, -0.25) is 9.52 Å². The van der Waals surface area contributed by atoms with Gasteiger partial charge in [0.05, 0.1) is 40.3 Å². The number of nitrogens with zero attached hydrogens (tertiary/aromatic N) is 2. The first-order valence-electron chi connectivity index (χ1n) is 13.3. The lowest BCUT2D eigenvalue weighted by Gasteiger charge is -2.17. The van der Waals surface area contributed by atoms with Gasteiger partial charge < -0.3 is 18.8 Å². The average Bonchev–Trinajstić information content (AvgIpc) is 3.20. The van der Waals surface area contributed by atoms with Gasteiger partial charge in [-0.1, -0.05) is 60.5 Å². The van der Waals surface area contributed by atoms with E-state index in [1.54, 1.807) is 30.3 Å². The number of methoxy groups -OCH3 is 1. The van der Waals surface area contributed by atoms with Gasteiger partial charge in [0.15, 0.2) is 5.75 Å². The maximum absolute atomic E-state index is 13.4. The van der Waals surface area contributed by atoms with Crippen molar-refractivity contribution < 1.29 is 27.4 Å². The van der Waals surface area contributed by atoms with Gasteiger partial charge in [0, 0.05) is 25.8 Å². The molecule has 4 aromatic rings. The van der Waals surface area contributed by atoms with Crippen molar-refractivity contribution in [2.45, 2.75) is 50.7 Å². The highest BCUT2D eigenvalue weighted by Gasteiger charge is 2.23. The fourth-order valence-corrected chi connectivity index (χ4v) is 6.95. The first-order valence-corrected chi connectivity index (χ1v) is 19.6. The number of aryl methyl sites for hydroxylation is 1. The van der Waals surface area contributed by atoms with Crippen LogP contribution in [0.2, 0.25) is 40.8 Å². The van der Waals surface area contributed by atoms with Crippen LogP contribution >= 0.6 is 34.8 Å². The number of esters is 1. The van der Waals surface area contributed by atoms with E-state index >= 15 is 0 Å². The van der Waals surface area contributed by atoms with Crippen molar-refractivity contribution in [2.24, 2.45) is 0 Å². The number of imidazole rings is 1. The molecule has 3 aromatic carbocycles. The molecule has 14 heteroatoms. The van der Waals surface area contributed by atoms with Gasteiger partial charge in [-0.25, -0.2) is 13.4 Å². The number of benzene rings is 3. The van der Waals surface area contributed by atoms with E-state index in [4.69, 9.17) is 49.0 Å². The molecule has 230 valence electrons. The van der Waals surface area contributed by atoms with Gasteiger partial charge in [-0.15, -0.1) is 0 Å². The number of ether oxygens (including phenoxy) is 3. The summed E-state index contributed by atoms with van der Waals surface area (Å²) in [6.45, 7) is 9.57. The lowest BCUT2D eigenvalue weighted by molar-refractivity contribution is -0.139. The number of rotatable bonds is 12. The number of hydrogen-bond donors (Lipinski definition) is 1. The minimum atomic E-state index is -4.17. The van der Waals surface area contributed by atoms with Crippen molar-refractivity contribution in [3.8, 4) is 11.5 Å². The highest BCUT2D eigenvalue weighted by molar-refractivity contribution is 7.92. The zero-order chi connectivity index (χ0) is 31.5. The molecule has 1 N–H and O–H groups in total. The van der Waals surface area contributed by atoms with Crippen LogP contribution in [0.3, 0.4) is 0 Å². The molecule has 0 aliphatic heterocycles. The number of nitrogens with one attached hydrogen (secondary N) is 1. The molecule has 0 bridgehead atoms. The zero-order valence-electron chi connectivity index (χ0n) is 24.3. The molecule has 0 aliphatic rings. The summed E-state index contributed by atoms with van der Waals surface area (Å²) in [4.78, 5) is 16.2. The predicted octanol–water partition coefficient (Wildman–Crippen LogP) is 7.93. The van der Waals surface area contributed by atoms with Crippen LogP contribution in [-0.2, 0) is 37.4 Å². The van der Waals surface area contributed by atoms with Gasteiger partial charge >= 0.3 is 5.97 Å². The molecule has 0 radical (unpaired) electrons. The zero-order valence-corrected chi connectivity index (χ0v) is 28.4. The fourth-order valence-electron chi connectivity index (χ4n) is 4.12. The van der Waals surface area contributed by atoms with E-state index < -0.39 is 24.1 Å². The molecule has 0 aliphatic carbocycles. The lowest BCUT2D eigenvalue weighted by atomic mass is 10.1. The second-order valence-corrected chi connectivity index (χ2v) is 19.6. The Morgan fingerprint density at radius 1 is 1.00 bits per heavy atom. The molecular formula is C29H32Cl3N3O6SSi. The summed E-state index contributed by atoms with van der Waals surface area (Å²) in [5.41, 5.74) is 1.93. The summed E-state index contributed by atoms with van der Waals surface area (Å²) in [7, 11) is -4.14. The molecule has 0 unspecified atom stereocenters. The summed E-state index contributed by atoms with van der Waals surface area (Å²) < 4.78 is 48.3. The number of anilines is 1. The van der Waals surface area contributed by atoms with Crippen LogP contribution in [0.5, 0.6) is 11.5 Å². The van der Waals surface area contributed by atoms with Gasteiger partial charge in [0.2, 0.25) is 0 Å². The van der Waals surface area contributed by atoms with Crippen molar-refractivity contribution >= 4 is 75.6 Å². The lowest BCUT2D eigenvalue weighted by Crippen LogP contribution is -2.22. The highest BCUT2D eigenvalue weighted by atomic mass is 35.5. The Labute approximate surface area is 267 Å². The van der Waals surface area contributed by atoms with Crippen molar-refractivity contribution in [3.05, 3.63) is 75.0 Å². The van der Waals surface area contributed by atoms with Crippen LogP contribution in [-0.4, -0.2) is 45.7 Å². The second kappa shape index (κ2) is 13.5. The number of halogens is 3. The van der Waals surface area contributed by atoms with Gasteiger partial charge in [-0.2, -0.15) is 0 Å². The Morgan fingerprint density at radius 2 is 1.74 bits per heavy atom. The fraction of sp³-hybridized carbons (Fsp3) is 0.310. The molecule has 1 aromatic heterocycles. The van der Waals surface area contributed by atoms with E-state index in [0.717, 1.165) is 6.04 Å². The summed E-state index contributed by atoms with van der Waals surface area (Å²) in [5.74, 6) is 0.671. The van der Waals surface area contributed by atoms with Crippen molar-refractivity contribution in [1.29, 1.82) is 0 Å². The van der Waals surface area contributed by atoms with Crippen LogP contribution in [0.1, 0.15) is 11.4 Å². The quantitative estimate of drug-likeness (QED) is 0.0917. The molecule has 9 nitrogen and oxygen atoms in total. The molecule has 0 atom stereocenters. The smallest absolute Gasteiger partial charge is 0.309 e. The minimum Gasteiger partial charge on any atom is -0.469 e. The normalized spacial score (nSPS) is 12.0. The maximum Gasteiger partial charge on any atom is 0.309 e. The van der Waals surface area contributed by atoms with E-state index in [0.29, 0.717) is 34.1 Å². The number of hydrogen-bond acceptors (Lipinski definition) is 7. The Kier molecular flexibility index (Phi) is 10.4. The highest BCUT2D eigenvalue weighted by Crippen LogP contribution is 2.39. The SMILES string of the molecule is COC(=O)Cc1ccc(Oc2cc3c(cc2NS(=O)(=O)c2ccc(Cl)cc2Cl)nc(C)n3COCC[Si](C)(C)C)c(Cl)c1. The Balaban J connectivity index is 1.75. The molecule has 4 rings (SSSR count).